The Kier molecular flexibility index (Phi) is 6.13. The molecule has 0 atom stereocenters. The van der Waals surface area contributed by atoms with Crippen LogP contribution in [0.3, 0.4) is 0 Å². The summed E-state index contributed by atoms with van der Waals surface area (Å²) in [5.41, 5.74) is 1.67. The van der Waals surface area contributed by atoms with E-state index in [9.17, 15) is 9.18 Å². The molecule has 0 N–H and O–H groups in total. The highest BCUT2D eigenvalue weighted by Gasteiger charge is 2.26. The lowest BCUT2D eigenvalue weighted by Gasteiger charge is -2.30. The Labute approximate surface area is 174 Å². The van der Waals surface area contributed by atoms with Crippen molar-refractivity contribution in [3.63, 3.8) is 0 Å². The fourth-order valence-electron chi connectivity index (χ4n) is 3.77. The second-order valence-corrected chi connectivity index (χ2v) is 7.52. The number of tetrazole rings is 1. The van der Waals surface area contributed by atoms with Crippen LogP contribution < -0.4 is 4.74 Å². The second-order valence-electron chi connectivity index (χ2n) is 7.52. The number of hydrogen-bond acceptors (Lipinski definition) is 6. The van der Waals surface area contributed by atoms with Crippen LogP contribution in [0, 0.1) is 11.7 Å². The minimum Gasteiger partial charge on any atom is -0.497 e. The van der Waals surface area contributed by atoms with Crippen molar-refractivity contribution in [2.45, 2.75) is 25.9 Å². The lowest BCUT2D eigenvalue weighted by atomic mass is 9.89. The van der Waals surface area contributed by atoms with E-state index in [1.807, 2.05) is 24.3 Å². The first-order valence-electron chi connectivity index (χ1n) is 10.0. The maximum Gasteiger partial charge on any atom is 0.166 e. The lowest BCUT2D eigenvalue weighted by Crippen LogP contribution is -2.36. The molecule has 0 saturated carbocycles. The summed E-state index contributed by atoms with van der Waals surface area (Å²) < 4.78 is 20.0. The number of carbonyl (C=O) groups excluding carboxylic acids is 1. The molecule has 0 amide bonds. The van der Waals surface area contributed by atoms with Gasteiger partial charge in [-0.2, -0.15) is 0 Å². The number of likely N-dealkylation sites (tertiary alicyclic amines) is 1. The van der Waals surface area contributed by atoms with E-state index in [0.29, 0.717) is 13.1 Å². The van der Waals surface area contributed by atoms with Crippen LogP contribution in [0.5, 0.6) is 5.75 Å². The van der Waals surface area contributed by atoms with Crippen LogP contribution in [-0.2, 0) is 13.1 Å². The van der Waals surface area contributed by atoms with Crippen LogP contribution in [0.15, 0.2) is 48.5 Å². The van der Waals surface area contributed by atoms with Crippen molar-refractivity contribution in [2.24, 2.45) is 5.92 Å². The van der Waals surface area contributed by atoms with E-state index in [2.05, 4.69) is 20.4 Å². The van der Waals surface area contributed by atoms with Crippen molar-refractivity contribution >= 4 is 5.78 Å². The van der Waals surface area contributed by atoms with Gasteiger partial charge < -0.3 is 4.74 Å². The molecule has 0 unspecified atom stereocenters. The van der Waals surface area contributed by atoms with Crippen LogP contribution in [0.1, 0.15) is 34.6 Å². The molecular weight excluding hydrogens is 385 g/mol. The van der Waals surface area contributed by atoms with Crippen LogP contribution >= 0.6 is 0 Å². The molecule has 1 saturated heterocycles. The fraction of sp³-hybridized carbons (Fsp3) is 0.364. The summed E-state index contributed by atoms with van der Waals surface area (Å²) in [5, 5.41) is 12.0. The predicted octanol–water partition coefficient (Wildman–Crippen LogP) is 2.96. The number of halogens is 1. The normalized spacial score (nSPS) is 15.3. The number of benzene rings is 2. The standard InChI is InChI=1S/C22H24FN5O2/c1-30-20-8-4-17(5-9-20)22(29)18-10-12-27(13-11-18)15-21-24-25-26-28(21)14-16-2-6-19(23)7-3-16/h2-9,18H,10-15H2,1H3. The average molecular weight is 409 g/mol. The van der Waals surface area contributed by atoms with E-state index in [-0.39, 0.29) is 17.5 Å². The first-order chi connectivity index (χ1) is 14.6. The van der Waals surface area contributed by atoms with Crippen LogP contribution in [0.4, 0.5) is 4.39 Å². The number of ether oxygens (including phenoxy) is 1. The minimum atomic E-state index is -0.261. The molecule has 2 aromatic carbocycles. The van der Waals surface area contributed by atoms with E-state index in [1.165, 1.54) is 12.1 Å². The van der Waals surface area contributed by atoms with Gasteiger partial charge >= 0.3 is 0 Å². The van der Waals surface area contributed by atoms with Crippen molar-refractivity contribution in [2.75, 3.05) is 20.2 Å². The maximum atomic E-state index is 13.1. The molecule has 8 heteroatoms. The molecule has 30 heavy (non-hydrogen) atoms. The average Bonchev–Trinajstić information content (AvgIpc) is 3.22. The van der Waals surface area contributed by atoms with E-state index < -0.39 is 0 Å². The molecule has 0 spiro atoms. The van der Waals surface area contributed by atoms with Gasteiger partial charge in [0.1, 0.15) is 11.6 Å². The number of aromatic nitrogens is 4. The molecule has 3 aromatic rings. The molecular formula is C22H24FN5O2. The summed E-state index contributed by atoms with van der Waals surface area (Å²) in [5.74, 6) is 1.48. The Morgan fingerprint density at radius 2 is 1.77 bits per heavy atom. The summed E-state index contributed by atoms with van der Waals surface area (Å²) in [6.45, 7) is 2.75. The summed E-state index contributed by atoms with van der Waals surface area (Å²) in [6.07, 6.45) is 1.62. The van der Waals surface area contributed by atoms with Gasteiger partial charge in [0.25, 0.3) is 0 Å². The lowest BCUT2D eigenvalue weighted by molar-refractivity contribution is 0.0831. The van der Waals surface area contributed by atoms with E-state index in [0.717, 1.165) is 48.6 Å². The van der Waals surface area contributed by atoms with E-state index in [4.69, 9.17) is 4.74 Å². The summed E-state index contributed by atoms with van der Waals surface area (Å²) in [4.78, 5) is 15.1. The summed E-state index contributed by atoms with van der Waals surface area (Å²) >= 11 is 0. The van der Waals surface area contributed by atoms with E-state index >= 15 is 0 Å². The number of rotatable bonds is 7. The molecule has 0 aliphatic carbocycles. The third-order valence-electron chi connectivity index (χ3n) is 5.55. The monoisotopic (exact) mass is 409 g/mol. The molecule has 0 radical (unpaired) electrons. The minimum absolute atomic E-state index is 0.0323. The van der Waals surface area contributed by atoms with Gasteiger partial charge in [-0.15, -0.1) is 5.10 Å². The Morgan fingerprint density at radius 3 is 2.43 bits per heavy atom. The Balaban J connectivity index is 1.32. The zero-order valence-electron chi connectivity index (χ0n) is 16.9. The molecule has 1 aromatic heterocycles. The number of piperidine rings is 1. The molecule has 7 nitrogen and oxygen atoms in total. The van der Waals surface area contributed by atoms with Gasteiger partial charge in [-0.1, -0.05) is 12.1 Å². The highest BCUT2D eigenvalue weighted by molar-refractivity contribution is 5.98. The summed E-state index contributed by atoms with van der Waals surface area (Å²) in [6, 6.07) is 13.6. The van der Waals surface area contributed by atoms with Gasteiger partial charge in [-0.25, -0.2) is 9.07 Å². The molecule has 4 rings (SSSR count). The number of Topliss-reactive ketones (excluding diaryl/α,β-unsaturated/α-hetero) is 1. The topological polar surface area (TPSA) is 73.1 Å². The van der Waals surface area contributed by atoms with Crippen LogP contribution in [-0.4, -0.2) is 51.1 Å². The quantitative estimate of drug-likeness (QED) is 0.559. The number of ketones is 1. The summed E-state index contributed by atoms with van der Waals surface area (Å²) in [7, 11) is 1.61. The van der Waals surface area contributed by atoms with Crippen molar-refractivity contribution < 1.29 is 13.9 Å². The van der Waals surface area contributed by atoms with Gasteiger partial charge in [-0.3, -0.25) is 9.69 Å². The van der Waals surface area contributed by atoms with Crippen molar-refractivity contribution in [3.8, 4) is 5.75 Å². The molecule has 2 heterocycles. The first-order valence-corrected chi connectivity index (χ1v) is 10.0. The molecule has 1 aliphatic rings. The third kappa shape index (κ3) is 4.71. The highest BCUT2D eigenvalue weighted by Crippen LogP contribution is 2.24. The molecule has 1 aliphatic heterocycles. The zero-order valence-corrected chi connectivity index (χ0v) is 16.9. The van der Waals surface area contributed by atoms with Crippen molar-refractivity contribution in [1.29, 1.82) is 0 Å². The Bertz CT molecular complexity index is 980. The third-order valence-corrected chi connectivity index (χ3v) is 5.55. The molecule has 1 fully saturated rings. The van der Waals surface area contributed by atoms with Gasteiger partial charge in [0.05, 0.1) is 20.2 Å². The number of hydrogen-bond donors (Lipinski definition) is 0. The smallest absolute Gasteiger partial charge is 0.166 e. The fourth-order valence-corrected chi connectivity index (χ4v) is 3.77. The maximum absolute atomic E-state index is 13.1. The Hall–Kier alpha value is -3.13. The predicted molar refractivity (Wildman–Crippen MR) is 109 cm³/mol. The van der Waals surface area contributed by atoms with Gasteiger partial charge in [-0.05, 0) is 78.3 Å². The molecule has 156 valence electrons. The van der Waals surface area contributed by atoms with Gasteiger partial charge in [0.2, 0.25) is 0 Å². The number of nitrogens with zero attached hydrogens (tertiary/aromatic N) is 5. The number of methoxy groups -OCH3 is 1. The van der Waals surface area contributed by atoms with Crippen LogP contribution in [0.2, 0.25) is 0 Å². The molecule has 0 bridgehead atoms. The van der Waals surface area contributed by atoms with Gasteiger partial charge in [0.15, 0.2) is 11.6 Å². The SMILES string of the molecule is COc1ccc(C(=O)C2CCN(Cc3nnnn3Cc3ccc(F)cc3)CC2)cc1. The number of carbonyl (C=O) groups is 1. The van der Waals surface area contributed by atoms with Crippen molar-refractivity contribution in [3.05, 3.63) is 71.3 Å². The van der Waals surface area contributed by atoms with Crippen LogP contribution in [0.25, 0.3) is 0 Å². The Morgan fingerprint density at radius 1 is 1.07 bits per heavy atom. The van der Waals surface area contributed by atoms with Gasteiger partial charge in [0, 0.05) is 11.5 Å². The second kappa shape index (κ2) is 9.13. The largest absolute Gasteiger partial charge is 0.497 e. The highest BCUT2D eigenvalue weighted by atomic mass is 19.1. The first kappa shape index (κ1) is 20.2. The van der Waals surface area contributed by atoms with E-state index in [1.54, 1.807) is 23.9 Å². The van der Waals surface area contributed by atoms with Crippen molar-refractivity contribution in [1.82, 2.24) is 25.1 Å². The zero-order chi connectivity index (χ0) is 20.9.